The predicted molar refractivity (Wildman–Crippen MR) is 44.8 cm³/mol. The first-order valence-corrected chi connectivity index (χ1v) is 4.02. The van der Waals surface area contributed by atoms with E-state index < -0.39 is 0 Å². The maximum absolute atomic E-state index is 11.4. The summed E-state index contributed by atoms with van der Waals surface area (Å²) in [7, 11) is 0. The van der Waals surface area contributed by atoms with Crippen LogP contribution in [0.2, 0.25) is 0 Å². The first-order chi connectivity index (χ1) is 5.02. The van der Waals surface area contributed by atoms with Gasteiger partial charge in [0.1, 0.15) is 0 Å². The van der Waals surface area contributed by atoms with E-state index in [9.17, 15) is 4.79 Å². The number of hydrogen-bond donors (Lipinski definition) is 1. The highest BCUT2D eigenvalue weighted by Gasteiger charge is 2.44. The maximum atomic E-state index is 11.4. The second-order valence-corrected chi connectivity index (χ2v) is 3.47. The van der Waals surface area contributed by atoms with Crippen LogP contribution in [0.3, 0.4) is 0 Å². The smallest absolute Gasteiger partial charge is 0.230 e. The average molecular weight is 153 g/mol. The molecule has 0 aromatic heterocycles. The SMILES string of the molecule is C=C1NC(=O)C(C)(CC)C1C. The third-order valence-electron chi connectivity index (χ3n) is 3.01. The summed E-state index contributed by atoms with van der Waals surface area (Å²) in [4.78, 5) is 11.4. The van der Waals surface area contributed by atoms with Gasteiger partial charge in [-0.15, -0.1) is 0 Å². The highest BCUT2D eigenvalue weighted by Crippen LogP contribution is 2.39. The summed E-state index contributed by atoms with van der Waals surface area (Å²) in [6.07, 6.45) is 0.874. The average Bonchev–Trinajstić information content (AvgIpc) is 2.16. The number of carbonyl (C=O) groups is 1. The molecule has 1 fully saturated rings. The van der Waals surface area contributed by atoms with Gasteiger partial charge in [0.15, 0.2) is 0 Å². The van der Waals surface area contributed by atoms with E-state index in [1.165, 1.54) is 0 Å². The monoisotopic (exact) mass is 153 g/mol. The van der Waals surface area contributed by atoms with Crippen molar-refractivity contribution in [3.8, 4) is 0 Å². The molecule has 1 saturated heterocycles. The Kier molecular flexibility index (Phi) is 1.78. The van der Waals surface area contributed by atoms with Crippen molar-refractivity contribution < 1.29 is 4.79 Å². The van der Waals surface area contributed by atoms with Crippen molar-refractivity contribution in [1.29, 1.82) is 0 Å². The number of carbonyl (C=O) groups excluding carboxylic acids is 1. The molecular weight excluding hydrogens is 138 g/mol. The number of hydrogen-bond acceptors (Lipinski definition) is 1. The van der Waals surface area contributed by atoms with E-state index in [0.29, 0.717) is 0 Å². The molecule has 0 bridgehead atoms. The van der Waals surface area contributed by atoms with Gasteiger partial charge >= 0.3 is 0 Å². The Bertz CT molecular complexity index is 210. The molecule has 0 aromatic rings. The molecule has 2 nitrogen and oxygen atoms in total. The van der Waals surface area contributed by atoms with Gasteiger partial charge in [-0.05, 0) is 6.42 Å². The summed E-state index contributed by atoms with van der Waals surface area (Å²) < 4.78 is 0. The quantitative estimate of drug-likeness (QED) is 0.610. The lowest BCUT2D eigenvalue weighted by molar-refractivity contribution is -0.127. The molecule has 1 rings (SSSR count). The van der Waals surface area contributed by atoms with E-state index in [0.717, 1.165) is 12.1 Å². The Morgan fingerprint density at radius 2 is 2.27 bits per heavy atom. The van der Waals surface area contributed by atoms with Crippen molar-refractivity contribution >= 4 is 5.91 Å². The van der Waals surface area contributed by atoms with Crippen LogP contribution in [0.5, 0.6) is 0 Å². The highest BCUT2D eigenvalue weighted by atomic mass is 16.2. The van der Waals surface area contributed by atoms with Gasteiger partial charge in [-0.3, -0.25) is 4.79 Å². The third kappa shape index (κ3) is 0.971. The van der Waals surface area contributed by atoms with Gasteiger partial charge < -0.3 is 5.32 Å². The van der Waals surface area contributed by atoms with E-state index in [1.54, 1.807) is 0 Å². The summed E-state index contributed by atoms with van der Waals surface area (Å²) in [5.41, 5.74) is 0.635. The largest absolute Gasteiger partial charge is 0.330 e. The molecule has 0 saturated carbocycles. The predicted octanol–water partition coefficient (Wildman–Crippen LogP) is 1.68. The van der Waals surface area contributed by atoms with Crippen molar-refractivity contribution in [3.63, 3.8) is 0 Å². The number of amides is 1. The number of rotatable bonds is 1. The Labute approximate surface area is 67.7 Å². The van der Waals surface area contributed by atoms with Gasteiger partial charge in [0.25, 0.3) is 0 Å². The van der Waals surface area contributed by atoms with Crippen LogP contribution >= 0.6 is 0 Å². The van der Waals surface area contributed by atoms with Crippen molar-refractivity contribution in [2.75, 3.05) is 0 Å². The second-order valence-electron chi connectivity index (χ2n) is 3.47. The zero-order chi connectivity index (χ0) is 8.65. The summed E-state index contributed by atoms with van der Waals surface area (Å²) in [6, 6.07) is 0. The molecule has 0 spiro atoms. The molecule has 11 heavy (non-hydrogen) atoms. The van der Waals surface area contributed by atoms with Crippen LogP contribution in [-0.2, 0) is 4.79 Å². The molecule has 0 aromatic carbocycles. The zero-order valence-corrected chi connectivity index (χ0v) is 7.40. The van der Waals surface area contributed by atoms with E-state index in [1.807, 2.05) is 20.8 Å². The lowest BCUT2D eigenvalue weighted by atomic mass is 9.77. The summed E-state index contributed by atoms with van der Waals surface area (Å²) in [5, 5.41) is 2.77. The number of nitrogens with one attached hydrogen (secondary N) is 1. The van der Waals surface area contributed by atoms with E-state index in [4.69, 9.17) is 0 Å². The Morgan fingerprint density at radius 1 is 1.73 bits per heavy atom. The van der Waals surface area contributed by atoms with Gasteiger partial charge in [0.2, 0.25) is 5.91 Å². The Hall–Kier alpha value is -0.790. The number of allylic oxidation sites excluding steroid dienone is 1. The van der Waals surface area contributed by atoms with Gasteiger partial charge in [-0.1, -0.05) is 27.4 Å². The molecule has 2 heteroatoms. The summed E-state index contributed by atoms with van der Waals surface area (Å²) in [5.74, 6) is 0.387. The van der Waals surface area contributed by atoms with E-state index >= 15 is 0 Å². The molecular formula is C9H15NO. The van der Waals surface area contributed by atoms with Crippen molar-refractivity contribution in [2.24, 2.45) is 11.3 Å². The molecule has 1 N–H and O–H groups in total. The van der Waals surface area contributed by atoms with E-state index in [-0.39, 0.29) is 17.2 Å². The summed E-state index contributed by atoms with van der Waals surface area (Å²) in [6.45, 7) is 9.87. The van der Waals surface area contributed by atoms with Crippen LogP contribution in [0.1, 0.15) is 27.2 Å². The standard InChI is InChI=1S/C9H15NO/c1-5-9(4)6(2)7(3)10-8(9)11/h6H,3,5H2,1-2,4H3,(H,10,11). The Balaban J connectivity index is 2.96. The highest BCUT2D eigenvalue weighted by molar-refractivity contribution is 5.87. The molecule has 2 atom stereocenters. The van der Waals surface area contributed by atoms with Crippen LogP contribution in [0.15, 0.2) is 12.3 Å². The third-order valence-corrected chi connectivity index (χ3v) is 3.01. The molecule has 2 unspecified atom stereocenters. The molecule has 62 valence electrons. The van der Waals surface area contributed by atoms with Crippen LogP contribution < -0.4 is 5.32 Å². The van der Waals surface area contributed by atoms with Crippen LogP contribution in [0.25, 0.3) is 0 Å². The van der Waals surface area contributed by atoms with Gasteiger partial charge in [-0.2, -0.15) is 0 Å². The van der Waals surface area contributed by atoms with Crippen molar-refractivity contribution in [1.82, 2.24) is 5.32 Å². The molecule has 0 aliphatic carbocycles. The minimum Gasteiger partial charge on any atom is -0.330 e. The first kappa shape index (κ1) is 8.31. The fourth-order valence-electron chi connectivity index (χ4n) is 1.44. The van der Waals surface area contributed by atoms with Gasteiger partial charge in [0.05, 0.1) is 5.41 Å². The van der Waals surface area contributed by atoms with Crippen LogP contribution in [0.4, 0.5) is 0 Å². The molecule has 1 amide bonds. The van der Waals surface area contributed by atoms with Crippen molar-refractivity contribution in [2.45, 2.75) is 27.2 Å². The first-order valence-electron chi connectivity index (χ1n) is 4.02. The normalized spacial score (nSPS) is 37.5. The fraction of sp³-hybridized carbons (Fsp3) is 0.667. The molecule has 1 heterocycles. The topological polar surface area (TPSA) is 29.1 Å². The van der Waals surface area contributed by atoms with Crippen LogP contribution in [-0.4, -0.2) is 5.91 Å². The second kappa shape index (κ2) is 2.36. The molecule has 1 aliphatic heterocycles. The fourth-order valence-corrected chi connectivity index (χ4v) is 1.44. The van der Waals surface area contributed by atoms with Gasteiger partial charge in [0, 0.05) is 11.6 Å². The van der Waals surface area contributed by atoms with Crippen LogP contribution in [0, 0.1) is 11.3 Å². The molecule has 1 aliphatic rings. The molecule has 0 radical (unpaired) electrons. The Morgan fingerprint density at radius 3 is 2.45 bits per heavy atom. The minimum absolute atomic E-state index is 0.123. The van der Waals surface area contributed by atoms with E-state index in [2.05, 4.69) is 11.9 Å². The lowest BCUT2D eigenvalue weighted by Crippen LogP contribution is -2.30. The minimum atomic E-state index is -0.225. The lowest BCUT2D eigenvalue weighted by Gasteiger charge is -2.23. The zero-order valence-electron chi connectivity index (χ0n) is 7.40. The summed E-state index contributed by atoms with van der Waals surface area (Å²) >= 11 is 0. The van der Waals surface area contributed by atoms with Crippen molar-refractivity contribution in [3.05, 3.63) is 12.3 Å². The maximum Gasteiger partial charge on any atom is 0.230 e. The van der Waals surface area contributed by atoms with Gasteiger partial charge in [-0.25, -0.2) is 0 Å².